The molecule has 0 aliphatic carbocycles. The molecule has 1 unspecified atom stereocenters. The van der Waals surface area contributed by atoms with E-state index < -0.39 is 0 Å². The van der Waals surface area contributed by atoms with E-state index in [2.05, 4.69) is 56.6 Å². The first-order valence-corrected chi connectivity index (χ1v) is 8.13. The number of fused-ring (bicyclic) bond motifs is 1. The van der Waals surface area contributed by atoms with Crippen molar-refractivity contribution in [3.05, 3.63) is 72.2 Å². The Morgan fingerprint density at radius 1 is 0.870 bits per heavy atom. The predicted molar refractivity (Wildman–Crippen MR) is 92.3 cm³/mol. The number of hydrogen-bond donors (Lipinski definition) is 1. The minimum absolute atomic E-state index is 0.172. The lowest BCUT2D eigenvalue weighted by atomic mass is 9.97. The van der Waals surface area contributed by atoms with E-state index in [1.807, 2.05) is 24.5 Å². The van der Waals surface area contributed by atoms with Gasteiger partial charge in [0.05, 0.1) is 17.3 Å². The Kier molecular flexibility index (Phi) is 4.01. The second-order valence-electron chi connectivity index (χ2n) is 5.86. The first-order valence-electron chi connectivity index (χ1n) is 8.13. The molecule has 4 nitrogen and oxygen atoms in total. The molecule has 0 radical (unpaired) electrons. The molecule has 0 amide bonds. The smallest absolute Gasteiger partial charge is 0.0784 e. The van der Waals surface area contributed by atoms with Crippen molar-refractivity contribution >= 4 is 10.9 Å². The minimum atomic E-state index is 0.172. The highest BCUT2D eigenvalue weighted by atomic mass is 15.2. The van der Waals surface area contributed by atoms with Crippen molar-refractivity contribution in [1.82, 2.24) is 20.2 Å². The van der Waals surface area contributed by atoms with Gasteiger partial charge in [-0.15, -0.1) is 0 Å². The van der Waals surface area contributed by atoms with E-state index in [0.29, 0.717) is 0 Å². The van der Waals surface area contributed by atoms with Crippen molar-refractivity contribution in [2.75, 3.05) is 26.2 Å². The summed E-state index contributed by atoms with van der Waals surface area (Å²) in [5.41, 5.74) is 3.43. The number of para-hydroxylation sites is 1. The lowest BCUT2D eigenvalue weighted by Gasteiger charge is -2.35. The maximum Gasteiger partial charge on any atom is 0.0784 e. The van der Waals surface area contributed by atoms with Crippen molar-refractivity contribution in [3.63, 3.8) is 0 Å². The summed E-state index contributed by atoms with van der Waals surface area (Å²) in [5.74, 6) is 0. The lowest BCUT2D eigenvalue weighted by Crippen LogP contribution is -2.45. The predicted octanol–water partition coefficient (Wildman–Crippen LogP) is 2.62. The molecule has 4 rings (SSSR count). The molecule has 1 aliphatic heterocycles. The average Bonchev–Trinajstić information content (AvgIpc) is 2.64. The van der Waals surface area contributed by atoms with Gasteiger partial charge in [-0.2, -0.15) is 0 Å². The Hall–Kier alpha value is -2.30. The number of rotatable bonds is 3. The van der Waals surface area contributed by atoms with Crippen LogP contribution in [-0.2, 0) is 0 Å². The zero-order chi connectivity index (χ0) is 15.5. The van der Waals surface area contributed by atoms with Gasteiger partial charge in [0.15, 0.2) is 0 Å². The Morgan fingerprint density at radius 2 is 1.70 bits per heavy atom. The molecule has 1 atom stereocenters. The van der Waals surface area contributed by atoms with E-state index in [0.717, 1.165) is 37.4 Å². The average molecular weight is 304 g/mol. The van der Waals surface area contributed by atoms with Crippen LogP contribution in [0.1, 0.15) is 17.3 Å². The van der Waals surface area contributed by atoms with Crippen LogP contribution in [0.25, 0.3) is 10.9 Å². The van der Waals surface area contributed by atoms with Gasteiger partial charge in [-0.3, -0.25) is 14.9 Å². The molecule has 0 bridgehead atoms. The van der Waals surface area contributed by atoms with Gasteiger partial charge in [-0.05, 0) is 29.8 Å². The first-order chi connectivity index (χ1) is 11.4. The summed E-state index contributed by atoms with van der Waals surface area (Å²) in [5, 5.41) is 4.65. The van der Waals surface area contributed by atoms with Gasteiger partial charge >= 0.3 is 0 Å². The second-order valence-corrected chi connectivity index (χ2v) is 5.86. The molecule has 1 aromatic carbocycles. The van der Waals surface area contributed by atoms with Crippen molar-refractivity contribution in [2.24, 2.45) is 0 Å². The normalized spacial score (nSPS) is 17.2. The first kappa shape index (κ1) is 14.3. The van der Waals surface area contributed by atoms with Crippen LogP contribution in [0.4, 0.5) is 0 Å². The van der Waals surface area contributed by atoms with E-state index in [1.165, 1.54) is 10.9 Å². The third-order valence-electron chi connectivity index (χ3n) is 4.46. The molecule has 116 valence electrons. The number of aromatic nitrogens is 2. The SMILES string of the molecule is c1ccc(C(c2ccnc3ccccc23)N2CCNCC2)nc1. The molecule has 1 fully saturated rings. The van der Waals surface area contributed by atoms with Gasteiger partial charge < -0.3 is 5.32 Å². The van der Waals surface area contributed by atoms with E-state index in [9.17, 15) is 0 Å². The summed E-state index contributed by atoms with van der Waals surface area (Å²) >= 11 is 0. The van der Waals surface area contributed by atoms with Crippen LogP contribution >= 0.6 is 0 Å². The maximum absolute atomic E-state index is 4.65. The summed E-state index contributed by atoms with van der Waals surface area (Å²) < 4.78 is 0. The molecule has 3 aromatic rings. The van der Waals surface area contributed by atoms with Gasteiger partial charge in [-0.25, -0.2) is 0 Å². The van der Waals surface area contributed by atoms with Gasteiger partial charge in [0, 0.05) is 44.0 Å². The highest BCUT2D eigenvalue weighted by Crippen LogP contribution is 2.32. The van der Waals surface area contributed by atoms with Crippen LogP contribution in [-0.4, -0.2) is 41.0 Å². The molecule has 1 N–H and O–H groups in total. The summed E-state index contributed by atoms with van der Waals surface area (Å²) in [6, 6.07) is 16.9. The molecule has 23 heavy (non-hydrogen) atoms. The van der Waals surface area contributed by atoms with Crippen LogP contribution in [0.3, 0.4) is 0 Å². The highest BCUT2D eigenvalue weighted by molar-refractivity contribution is 5.82. The number of nitrogens with zero attached hydrogens (tertiary/aromatic N) is 3. The van der Waals surface area contributed by atoms with Crippen LogP contribution in [0, 0.1) is 0 Å². The molecule has 2 aromatic heterocycles. The van der Waals surface area contributed by atoms with Crippen LogP contribution in [0.5, 0.6) is 0 Å². The van der Waals surface area contributed by atoms with Crippen LogP contribution in [0.2, 0.25) is 0 Å². The fourth-order valence-corrected chi connectivity index (χ4v) is 3.38. The van der Waals surface area contributed by atoms with Gasteiger partial charge in [0.2, 0.25) is 0 Å². The van der Waals surface area contributed by atoms with Crippen LogP contribution in [0.15, 0.2) is 60.9 Å². The quantitative estimate of drug-likeness (QED) is 0.807. The Bertz CT molecular complexity index is 776. The topological polar surface area (TPSA) is 41.1 Å². The Balaban J connectivity index is 1.86. The number of nitrogens with one attached hydrogen (secondary N) is 1. The number of pyridine rings is 2. The van der Waals surface area contributed by atoms with Gasteiger partial charge in [0.1, 0.15) is 0 Å². The standard InChI is InChI=1S/C19H20N4/c1-2-6-17-15(5-1)16(8-10-22-17)19(18-7-3-4-9-21-18)23-13-11-20-12-14-23/h1-10,19-20H,11-14H2. The van der Waals surface area contributed by atoms with E-state index in [4.69, 9.17) is 0 Å². The van der Waals surface area contributed by atoms with Crippen molar-refractivity contribution < 1.29 is 0 Å². The molecule has 1 saturated heterocycles. The molecule has 4 heteroatoms. The second kappa shape index (κ2) is 6.44. The summed E-state index contributed by atoms with van der Waals surface area (Å²) in [4.78, 5) is 11.7. The number of piperazine rings is 1. The molecule has 1 aliphatic rings. The molecule has 0 saturated carbocycles. The van der Waals surface area contributed by atoms with E-state index >= 15 is 0 Å². The zero-order valence-corrected chi connectivity index (χ0v) is 13.0. The van der Waals surface area contributed by atoms with E-state index in [-0.39, 0.29) is 6.04 Å². The van der Waals surface area contributed by atoms with Crippen molar-refractivity contribution in [1.29, 1.82) is 0 Å². The Morgan fingerprint density at radius 3 is 2.52 bits per heavy atom. The zero-order valence-electron chi connectivity index (χ0n) is 13.0. The van der Waals surface area contributed by atoms with Crippen molar-refractivity contribution in [2.45, 2.75) is 6.04 Å². The highest BCUT2D eigenvalue weighted by Gasteiger charge is 2.26. The van der Waals surface area contributed by atoms with Gasteiger partial charge in [-0.1, -0.05) is 24.3 Å². The van der Waals surface area contributed by atoms with Crippen molar-refractivity contribution in [3.8, 4) is 0 Å². The monoisotopic (exact) mass is 304 g/mol. The van der Waals surface area contributed by atoms with Crippen LogP contribution < -0.4 is 5.32 Å². The fraction of sp³-hybridized carbons (Fsp3) is 0.263. The molecule has 0 spiro atoms. The summed E-state index contributed by atoms with van der Waals surface area (Å²) in [6.07, 6.45) is 3.80. The summed E-state index contributed by atoms with van der Waals surface area (Å²) in [7, 11) is 0. The maximum atomic E-state index is 4.65. The lowest BCUT2D eigenvalue weighted by molar-refractivity contribution is 0.196. The largest absolute Gasteiger partial charge is 0.314 e. The minimum Gasteiger partial charge on any atom is -0.314 e. The summed E-state index contributed by atoms with van der Waals surface area (Å²) in [6.45, 7) is 4.09. The fourth-order valence-electron chi connectivity index (χ4n) is 3.38. The van der Waals surface area contributed by atoms with E-state index in [1.54, 1.807) is 0 Å². The third kappa shape index (κ3) is 2.83. The molecular weight excluding hydrogens is 284 g/mol. The number of benzene rings is 1. The molecule has 3 heterocycles. The Labute approximate surface area is 136 Å². The molecular formula is C19H20N4. The van der Waals surface area contributed by atoms with Gasteiger partial charge in [0.25, 0.3) is 0 Å². The number of hydrogen-bond acceptors (Lipinski definition) is 4. The third-order valence-corrected chi connectivity index (χ3v) is 4.46.